The third-order valence-corrected chi connectivity index (χ3v) is 4.13. The maximum absolute atomic E-state index is 12.4. The quantitative estimate of drug-likeness (QED) is 0.483. The molecule has 0 radical (unpaired) electrons. The van der Waals surface area contributed by atoms with E-state index >= 15 is 0 Å². The molecule has 7 nitrogen and oxygen atoms in total. The highest BCUT2D eigenvalue weighted by molar-refractivity contribution is 14.1. The summed E-state index contributed by atoms with van der Waals surface area (Å²) in [5.74, 6) is -1.51. The molecule has 1 N–H and O–H groups in total. The van der Waals surface area contributed by atoms with Crippen LogP contribution >= 0.6 is 22.6 Å². The molecule has 1 aromatic carbocycles. The molecule has 0 unspecified atom stereocenters. The molecule has 0 saturated carbocycles. The van der Waals surface area contributed by atoms with E-state index in [-0.39, 0.29) is 11.3 Å². The van der Waals surface area contributed by atoms with Crippen molar-refractivity contribution in [2.24, 2.45) is 0 Å². The predicted octanol–water partition coefficient (Wildman–Crippen LogP) is 1.89. The monoisotopic (exact) mass is 390 g/mol. The summed E-state index contributed by atoms with van der Waals surface area (Å²) >= 11 is 1.91. The SMILES string of the molecule is O=C(O)[C@@H]1CCCN1C(=O)c1cc([N+](=O)[O-])ccc1I. The number of non-ortho nitro benzene ring substituents is 1. The number of carbonyl (C=O) groups is 2. The van der Waals surface area contributed by atoms with Gasteiger partial charge < -0.3 is 10.0 Å². The molecule has 0 bridgehead atoms. The first-order chi connectivity index (χ1) is 9.41. The first-order valence-electron chi connectivity index (χ1n) is 5.89. The van der Waals surface area contributed by atoms with Crippen LogP contribution in [0, 0.1) is 13.7 Å². The van der Waals surface area contributed by atoms with Crippen molar-refractivity contribution < 1.29 is 19.6 Å². The zero-order valence-electron chi connectivity index (χ0n) is 10.3. The molecule has 1 aromatic rings. The Morgan fingerprint density at radius 1 is 1.45 bits per heavy atom. The van der Waals surface area contributed by atoms with Gasteiger partial charge in [-0.15, -0.1) is 0 Å². The molecular weight excluding hydrogens is 379 g/mol. The fourth-order valence-electron chi connectivity index (χ4n) is 2.21. The lowest BCUT2D eigenvalue weighted by atomic mass is 10.1. The number of hydrogen-bond acceptors (Lipinski definition) is 4. The number of carbonyl (C=O) groups excluding carboxylic acids is 1. The Morgan fingerprint density at radius 2 is 2.15 bits per heavy atom. The third-order valence-electron chi connectivity index (χ3n) is 3.19. The minimum Gasteiger partial charge on any atom is -0.480 e. The highest BCUT2D eigenvalue weighted by Crippen LogP contribution is 2.25. The van der Waals surface area contributed by atoms with Crippen molar-refractivity contribution in [1.82, 2.24) is 4.90 Å². The molecule has 2 rings (SSSR count). The highest BCUT2D eigenvalue weighted by Gasteiger charge is 2.35. The minimum atomic E-state index is -1.05. The summed E-state index contributed by atoms with van der Waals surface area (Å²) in [6, 6.07) is 3.15. The van der Waals surface area contributed by atoms with Crippen molar-refractivity contribution in [3.8, 4) is 0 Å². The average Bonchev–Trinajstić information content (AvgIpc) is 2.87. The van der Waals surface area contributed by atoms with E-state index < -0.39 is 22.8 Å². The Bertz CT molecular complexity index is 589. The first-order valence-corrected chi connectivity index (χ1v) is 6.97. The number of amides is 1. The molecule has 0 aromatic heterocycles. The number of aliphatic carboxylic acids is 1. The van der Waals surface area contributed by atoms with Crippen molar-refractivity contribution in [3.63, 3.8) is 0 Å². The zero-order chi connectivity index (χ0) is 14.9. The number of nitro groups is 1. The lowest BCUT2D eigenvalue weighted by Gasteiger charge is -2.21. The Kier molecular flexibility index (Phi) is 4.21. The highest BCUT2D eigenvalue weighted by atomic mass is 127. The van der Waals surface area contributed by atoms with Gasteiger partial charge in [-0.05, 0) is 41.5 Å². The van der Waals surface area contributed by atoms with Crippen LogP contribution in [-0.2, 0) is 4.79 Å². The Balaban J connectivity index is 2.35. The van der Waals surface area contributed by atoms with Gasteiger partial charge in [0.2, 0.25) is 0 Å². The summed E-state index contributed by atoms with van der Waals surface area (Å²) in [4.78, 5) is 35.0. The average molecular weight is 390 g/mol. The zero-order valence-corrected chi connectivity index (χ0v) is 12.4. The molecule has 1 aliphatic heterocycles. The van der Waals surface area contributed by atoms with Crippen LogP contribution in [0.3, 0.4) is 0 Å². The molecule has 20 heavy (non-hydrogen) atoms. The van der Waals surface area contributed by atoms with E-state index in [0.717, 1.165) is 0 Å². The Labute approximate surface area is 127 Å². The van der Waals surface area contributed by atoms with Crippen LogP contribution in [0.5, 0.6) is 0 Å². The lowest BCUT2D eigenvalue weighted by molar-refractivity contribution is -0.384. The standard InChI is InChI=1S/C12H11IN2O5/c13-9-4-3-7(15(19)20)6-8(9)11(16)14-5-1-2-10(14)12(17)18/h3-4,6,10H,1-2,5H2,(H,17,18)/t10-/m0/s1. The molecule has 1 aliphatic rings. The van der Waals surface area contributed by atoms with Gasteiger partial charge in [0.25, 0.3) is 11.6 Å². The van der Waals surface area contributed by atoms with E-state index in [1.165, 1.54) is 23.1 Å². The van der Waals surface area contributed by atoms with E-state index in [4.69, 9.17) is 5.11 Å². The number of nitro benzene ring substituents is 1. The van der Waals surface area contributed by atoms with Crippen molar-refractivity contribution in [2.45, 2.75) is 18.9 Å². The second-order valence-electron chi connectivity index (χ2n) is 4.42. The molecule has 0 spiro atoms. The van der Waals surface area contributed by atoms with Crippen molar-refractivity contribution >= 4 is 40.2 Å². The molecule has 0 aliphatic carbocycles. The van der Waals surface area contributed by atoms with Gasteiger partial charge in [-0.3, -0.25) is 14.9 Å². The van der Waals surface area contributed by atoms with Crippen LogP contribution in [-0.4, -0.2) is 39.4 Å². The van der Waals surface area contributed by atoms with Crippen LogP contribution in [0.15, 0.2) is 18.2 Å². The molecule has 1 saturated heterocycles. The molecule has 1 atom stereocenters. The number of benzene rings is 1. The van der Waals surface area contributed by atoms with E-state index in [9.17, 15) is 19.7 Å². The van der Waals surface area contributed by atoms with Crippen LogP contribution in [0.1, 0.15) is 23.2 Å². The van der Waals surface area contributed by atoms with E-state index in [1.807, 2.05) is 22.6 Å². The van der Waals surface area contributed by atoms with Crippen LogP contribution < -0.4 is 0 Å². The van der Waals surface area contributed by atoms with Crippen LogP contribution in [0.4, 0.5) is 5.69 Å². The Morgan fingerprint density at radius 3 is 2.75 bits per heavy atom. The number of carboxylic acids is 1. The topological polar surface area (TPSA) is 101 Å². The summed E-state index contributed by atoms with van der Waals surface area (Å²) < 4.78 is 0.564. The summed E-state index contributed by atoms with van der Waals surface area (Å²) in [6.07, 6.45) is 1.03. The number of likely N-dealkylation sites (tertiary alicyclic amines) is 1. The minimum absolute atomic E-state index is 0.174. The molecule has 1 heterocycles. The van der Waals surface area contributed by atoms with Gasteiger partial charge in [-0.2, -0.15) is 0 Å². The van der Waals surface area contributed by atoms with Gasteiger partial charge in [-0.1, -0.05) is 0 Å². The Hall–Kier alpha value is -1.71. The van der Waals surface area contributed by atoms with Gasteiger partial charge in [0.05, 0.1) is 10.5 Å². The number of carboxylic acid groups (broad SMARTS) is 1. The number of nitrogens with zero attached hydrogens (tertiary/aromatic N) is 2. The third kappa shape index (κ3) is 2.74. The van der Waals surface area contributed by atoms with Crippen molar-refractivity contribution in [1.29, 1.82) is 0 Å². The maximum atomic E-state index is 12.4. The normalized spacial score (nSPS) is 18.1. The number of halogens is 1. The molecular formula is C12H11IN2O5. The second kappa shape index (κ2) is 5.73. The summed E-state index contributed by atoms with van der Waals surface area (Å²) in [5.41, 5.74) is -0.00668. The van der Waals surface area contributed by atoms with E-state index in [0.29, 0.717) is 23.0 Å². The molecule has 1 amide bonds. The van der Waals surface area contributed by atoms with Crippen LogP contribution in [0.2, 0.25) is 0 Å². The summed E-state index contributed by atoms with van der Waals surface area (Å²) in [7, 11) is 0. The largest absolute Gasteiger partial charge is 0.480 e. The van der Waals surface area contributed by atoms with Crippen LogP contribution in [0.25, 0.3) is 0 Å². The molecule has 8 heteroatoms. The number of rotatable bonds is 3. The summed E-state index contributed by atoms with van der Waals surface area (Å²) in [5, 5.41) is 19.9. The maximum Gasteiger partial charge on any atom is 0.326 e. The predicted molar refractivity (Wildman–Crippen MR) is 77.5 cm³/mol. The summed E-state index contributed by atoms with van der Waals surface area (Å²) in [6.45, 7) is 0.356. The van der Waals surface area contributed by atoms with Crippen molar-refractivity contribution in [3.05, 3.63) is 37.4 Å². The molecule has 1 fully saturated rings. The molecule has 106 valence electrons. The number of hydrogen-bond donors (Lipinski definition) is 1. The van der Waals surface area contributed by atoms with E-state index in [1.54, 1.807) is 0 Å². The van der Waals surface area contributed by atoms with Crippen molar-refractivity contribution in [2.75, 3.05) is 6.54 Å². The van der Waals surface area contributed by atoms with Gasteiger partial charge in [-0.25, -0.2) is 4.79 Å². The van der Waals surface area contributed by atoms with E-state index in [2.05, 4.69) is 0 Å². The first kappa shape index (κ1) is 14.7. The van der Waals surface area contributed by atoms with Gasteiger partial charge in [0.1, 0.15) is 6.04 Å². The van der Waals surface area contributed by atoms with Gasteiger partial charge in [0, 0.05) is 22.2 Å². The van der Waals surface area contributed by atoms with Gasteiger partial charge in [0.15, 0.2) is 0 Å². The second-order valence-corrected chi connectivity index (χ2v) is 5.58. The lowest BCUT2D eigenvalue weighted by Crippen LogP contribution is -2.40. The van der Waals surface area contributed by atoms with Gasteiger partial charge >= 0.3 is 5.97 Å². The smallest absolute Gasteiger partial charge is 0.326 e. The fraction of sp³-hybridized carbons (Fsp3) is 0.333. The fourth-order valence-corrected chi connectivity index (χ4v) is 2.78.